The standard InChI is InChI=1S/2C14H10.C13H10.C3H9N.8C2H6/c2*1-3-7-13-11(5-1)9-10-12-6-2-4-8-14(12)13;1-3-7-12-10(5-1)9-11-6-2-4-8-13(11)12;1-4(2)3;8*1-2/h2*1-10H;1-8H,9H2;1-3H3;8*1-2H3. The van der Waals surface area contributed by atoms with Crippen molar-refractivity contribution in [3.05, 3.63) is 181 Å². The lowest BCUT2D eigenvalue weighted by atomic mass is 10.0. The highest BCUT2D eigenvalue weighted by molar-refractivity contribution is 6.08. The summed E-state index contributed by atoms with van der Waals surface area (Å²) in [7, 11) is 6.00. The van der Waals surface area contributed by atoms with Crippen LogP contribution in [-0.2, 0) is 6.42 Å². The topological polar surface area (TPSA) is 3.24 Å². The SMILES string of the molecule is CC.CC.CC.CC.CC.CC.CC.CC.CN(C)C.c1ccc2c(c1)Cc1ccccc1-2.c1ccc2c(c1)ccc1ccccc12.c1ccc2c(c1)ccc1ccccc12. The van der Waals surface area contributed by atoms with Gasteiger partial charge in [0.05, 0.1) is 0 Å². The molecule has 0 fully saturated rings. The van der Waals surface area contributed by atoms with E-state index in [4.69, 9.17) is 0 Å². The minimum Gasteiger partial charge on any atom is -0.312 e. The fraction of sp³-hybridized carbons (Fsp3) is 0.333. The van der Waals surface area contributed by atoms with Crippen LogP contribution in [0.25, 0.3) is 54.2 Å². The molecule has 0 bridgehead atoms. The van der Waals surface area contributed by atoms with Crippen molar-refractivity contribution in [2.45, 2.75) is 117 Å². The van der Waals surface area contributed by atoms with Crippen molar-refractivity contribution < 1.29 is 0 Å². The third-order valence-electron chi connectivity index (χ3n) is 8.01. The van der Waals surface area contributed by atoms with Gasteiger partial charge in [-0.05, 0) is 92.9 Å². The fourth-order valence-electron chi connectivity index (χ4n) is 5.99. The van der Waals surface area contributed by atoms with Crippen molar-refractivity contribution in [2.75, 3.05) is 21.1 Å². The van der Waals surface area contributed by atoms with Crippen molar-refractivity contribution >= 4 is 43.1 Å². The summed E-state index contributed by atoms with van der Waals surface area (Å²) in [4.78, 5) is 2.00. The largest absolute Gasteiger partial charge is 0.312 e. The molecule has 0 atom stereocenters. The fourth-order valence-corrected chi connectivity index (χ4v) is 5.99. The van der Waals surface area contributed by atoms with Gasteiger partial charge in [-0.3, -0.25) is 0 Å². The molecule has 8 aromatic rings. The van der Waals surface area contributed by atoms with E-state index in [-0.39, 0.29) is 0 Å². The molecule has 0 spiro atoms. The summed E-state index contributed by atoms with van der Waals surface area (Å²) >= 11 is 0. The van der Waals surface area contributed by atoms with Crippen LogP contribution in [0.15, 0.2) is 170 Å². The minimum absolute atomic E-state index is 1.10. The summed E-state index contributed by atoms with van der Waals surface area (Å²) in [6, 6.07) is 60.0. The molecule has 1 nitrogen and oxygen atoms in total. The molecular weight excluding hydrogens is 735 g/mol. The first-order chi connectivity index (χ1) is 30.1. The van der Waals surface area contributed by atoms with E-state index in [1.165, 1.54) is 65.3 Å². The third-order valence-corrected chi connectivity index (χ3v) is 8.01. The second-order valence-corrected chi connectivity index (χ2v) is 11.8. The first kappa shape index (κ1) is 60.1. The van der Waals surface area contributed by atoms with Gasteiger partial charge in [-0.2, -0.15) is 0 Å². The monoisotopic (exact) mass is 822 g/mol. The van der Waals surface area contributed by atoms with E-state index in [0.717, 1.165) is 6.42 Å². The Balaban J connectivity index is -0.000000685. The van der Waals surface area contributed by atoms with Crippen molar-refractivity contribution in [3.8, 4) is 11.1 Å². The molecule has 0 saturated heterocycles. The Bertz CT molecular complexity index is 1920. The number of hydrogen-bond acceptors (Lipinski definition) is 1. The molecule has 0 heterocycles. The minimum atomic E-state index is 1.10. The van der Waals surface area contributed by atoms with Crippen molar-refractivity contribution in [2.24, 2.45) is 0 Å². The number of hydrogen-bond donors (Lipinski definition) is 0. The van der Waals surface area contributed by atoms with Gasteiger partial charge in [-0.25, -0.2) is 0 Å². The summed E-state index contributed by atoms with van der Waals surface area (Å²) in [6.45, 7) is 32.0. The summed E-state index contributed by atoms with van der Waals surface area (Å²) in [5, 5.41) is 10.6. The highest BCUT2D eigenvalue weighted by atomic mass is 15.0. The van der Waals surface area contributed by atoms with Crippen LogP contribution in [0.2, 0.25) is 0 Å². The number of rotatable bonds is 0. The molecular formula is C60H87N. The van der Waals surface area contributed by atoms with Gasteiger partial charge in [0.2, 0.25) is 0 Å². The lowest BCUT2D eigenvalue weighted by Crippen LogP contribution is -1.99. The molecule has 0 aliphatic heterocycles. The molecule has 1 aliphatic rings. The van der Waals surface area contributed by atoms with Gasteiger partial charge >= 0.3 is 0 Å². The van der Waals surface area contributed by atoms with Crippen molar-refractivity contribution in [3.63, 3.8) is 0 Å². The van der Waals surface area contributed by atoms with Gasteiger partial charge in [-0.1, -0.05) is 281 Å². The van der Waals surface area contributed by atoms with Crippen molar-refractivity contribution in [1.29, 1.82) is 0 Å². The molecule has 332 valence electrons. The zero-order chi connectivity index (χ0) is 47.0. The molecule has 0 N–H and O–H groups in total. The van der Waals surface area contributed by atoms with E-state index < -0.39 is 0 Å². The zero-order valence-corrected chi connectivity index (χ0v) is 42.3. The van der Waals surface area contributed by atoms with Gasteiger partial charge in [0.25, 0.3) is 0 Å². The van der Waals surface area contributed by atoms with E-state index >= 15 is 0 Å². The maximum Gasteiger partial charge on any atom is -0.00135 e. The predicted octanol–water partition coefficient (Wildman–Crippen LogP) is 19.6. The molecule has 0 unspecified atom stereocenters. The lowest BCUT2D eigenvalue weighted by Gasteiger charge is -2.02. The predicted molar refractivity (Wildman–Crippen MR) is 288 cm³/mol. The van der Waals surface area contributed by atoms with E-state index in [2.05, 4.69) is 170 Å². The number of benzene rings is 8. The first-order valence-electron chi connectivity index (χ1n) is 23.6. The Morgan fingerprint density at radius 3 is 0.656 bits per heavy atom. The van der Waals surface area contributed by atoms with Crippen LogP contribution in [-0.4, -0.2) is 26.0 Å². The molecule has 0 aromatic heterocycles. The van der Waals surface area contributed by atoms with Crippen LogP contribution in [0.1, 0.15) is 122 Å². The summed E-state index contributed by atoms with van der Waals surface area (Å²) in [5.74, 6) is 0. The van der Waals surface area contributed by atoms with Crippen molar-refractivity contribution in [1.82, 2.24) is 4.90 Å². The highest BCUT2D eigenvalue weighted by Gasteiger charge is 2.15. The average Bonchev–Trinajstić information content (AvgIpc) is 3.75. The van der Waals surface area contributed by atoms with Crippen LogP contribution in [0.3, 0.4) is 0 Å². The zero-order valence-electron chi connectivity index (χ0n) is 42.3. The Kier molecular flexibility index (Phi) is 39.6. The van der Waals surface area contributed by atoms with Crippen LogP contribution in [0, 0.1) is 0 Å². The second-order valence-electron chi connectivity index (χ2n) is 11.8. The molecule has 61 heavy (non-hydrogen) atoms. The molecule has 1 aliphatic carbocycles. The van der Waals surface area contributed by atoms with Crippen LogP contribution in [0.4, 0.5) is 0 Å². The van der Waals surface area contributed by atoms with E-state index in [9.17, 15) is 0 Å². The van der Waals surface area contributed by atoms with E-state index in [1.54, 1.807) is 0 Å². The number of fused-ring (bicyclic) bond motifs is 9. The van der Waals surface area contributed by atoms with Crippen LogP contribution in [0.5, 0.6) is 0 Å². The van der Waals surface area contributed by atoms with Crippen LogP contribution < -0.4 is 0 Å². The summed E-state index contributed by atoms with van der Waals surface area (Å²) in [5.41, 5.74) is 5.75. The average molecular weight is 822 g/mol. The molecule has 0 saturated carbocycles. The Hall–Kier alpha value is -5.24. The van der Waals surface area contributed by atoms with Gasteiger partial charge in [0.15, 0.2) is 0 Å². The summed E-state index contributed by atoms with van der Waals surface area (Å²) in [6.07, 6.45) is 1.10. The second kappa shape index (κ2) is 40.2. The molecule has 1 heteroatoms. The Morgan fingerprint density at radius 1 is 0.246 bits per heavy atom. The smallest absolute Gasteiger partial charge is 0.00135 e. The quantitative estimate of drug-likeness (QED) is 0.138. The highest BCUT2D eigenvalue weighted by Crippen LogP contribution is 2.35. The Labute approximate surface area is 376 Å². The molecule has 0 amide bonds. The maximum absolute atomic E-state index is 2.22. The first-order valence-corrected chi connectivity index (χ1v) is 23.6. The summed E-state index contributed by atoms with van der Waals surface area (Å²) < 4.78 is 0. The molecule has 9 rings (SSSR count). The third kappa shape index (κ3) is 20.3. The van der Waals surface area contributed by atoms with E-state index in [1.807, 2.05) is 137 Å². The lowest BCUT2D eigenvalue weighted by molar-refractivity contribution is 0.505. The van der Waals surface area contributed by atoms with Gasteiger partial charge in [0.1, 0.15) is 0 Å². The van der Waals surface area contributed by atoms with E-state index in [0.29, 0.717) is 0 Å². The Morgan fingerprint density at radius 2 is 0.426 bits per heavy atom. The number of nitrogens with zero attached hydrogens (tertiary/aromatic N) is 1. The van der Waals surface area contributed by atoms with Gasteiger partial charge in [-0.15, -0.1) is 0 Å². The maximum atomic E-state index is 2.22. The van der Waals surface area contributed by atoms with Gasteiger partial charge < -0.3 is 4.90 Å². The normalized spacial score (nSPS) is 8.98. The van der Waals surface area contributed by atoms with Crippen LogP contribution >= 0.6 is 0 Å². The molecule has 8 aromatic carbocycles. The molecule has 0 radical (unpaired) electrons. The van der Waals surface area contributed by atoms with Gasteiger partial charge in [0, 0.05) is 0 Å².